The van der Waals surface area contributed by atoms with Gasteiger partial charge in [-0.2, -0.15) is 0 Å². The molecule has 0 saturated carbocycles. The van der Waals surface area contributed by atoms with Crippen LogP contribution in [0.15, 0.2) is 30.3 Å². The molecular formula is C13H16ClNO3. The highest BCUT2D eigenvalue weighted by molar-refractivity contribution is 6.19. The topological polar surface area (TPSA) is 66.4 Å². The molecule has 0 radical (unpaired) electrons. The quantitative estimate of drug-likeness (QED) is 0.772. The van der Waals surface area contributed by atoms with Crippen molar-refractivity contribution in [3.05, 3.63) is 35.9 Å². The highest BCUT2D eigenvalue weighted by atomic mass is 35.5. The standard InChI is InChI=1S/C13H16ClNO3/c1-9(13(17)18)15-12(16)11(8-14)7-10-5-3-2-4-6-10/h2-6,9,11H,7-8H2,1H3,(H,15,16)(H,17,18)/t9?,11-/m0/s1. The lowest BCUT2D eigenvalue weighted by Gasteiger charge is -2.16. The van der Waals surface area contributed by atoms with Crippen LogP contribution in [0.1, 0.15) is 12.5 Å². The van der Waals surface area contributed by atoms with Gasteiger partial charge in [0.05, 0.1) is 5.92 Å². The van der Waals surface area contributed by atoms with Crippen molar-refractivity contribution < 1.29 is 14.7 Å². The molecule has 0 heterocycles. The smallest absolute Gasteiger partial charge is 0.325 e. The molecular weight excluding hydrogens is 254 g/mol. The summed E-state index contributed by atoms with van der Waals surface area (Å²) in [5.74, 6) is -1.65. The molecule has 18 heavy (non-hydrogen) atoms. The molecule has 0 fully saturated rings. The fourth-order valence-electron chi connectivity index (χ4n) is 1.51. The third-order valence-corrected chi connectivity index (χ3v) is 2.98. The van der Waals surface area contributed by atoms with Crippen LogP contribution in [0.4, 0.5) is 0 Å². The van der Waals surface area contributed by atoms with Gasteiger partial charge in [0.1, 0.15) is 6.04 Å². The second-order valence-corrected chi connectivity index (χ2v) is 4.42. The maximum atomic E-state index is 11.8. The van der Waals surface area contributed by atoms with Gasteiger partial charge in [0.15, 0.2) is 0 Å². The van der Waals surface area contributed by atoms with Crippen molar-refractivity contribution in [2.45, 2.75) is 19.4 Å². The van der Waals surface area contributed by atoms with Crippen molar-refractivity contribution in [3.63, 3.8) is 0 Å². The van der Waals surface area contributed by atoms with Crippen LogP contribution in [-0.4, -0.2) is 28.9 Å². The first-order valence-electron chi connectivity index (χ1n) is 5.67. The second-order valence-electron chi connectivity index (χ2n) is 4.11. The first kappa shape index (κ1) is 14.5. The molecule has 4 nitrogen and oxygen atoms in total. The van der Waals surface area contributed by atoms with Gasteiger partial charge < -0.3 is 10.4 Å². The van der Waals surface area contributed by atoms with Gasteiger partial charge in [-0.25, -0.2) is 0 Å². The Hall–Kier alpha value is -1.55. The maximum absolute atomic E-state index is 11.8. The third kappa shape index (κ3) is 4.37. The number of carboxylic acids is 1. The van der Waals surface area contributed by atoms with Gasteiger partial charge in [-0.05, 0) is 18.9 Å². The Labute approximate surface area is 111 Å². The van der Waals surface area contributed by atoms with Gasteiger partial charge >= 0.3 is 5.97 Å². The number of carboxylic acid groups (broad SMARTS) is 1. The molecule has 0 aliphatic rings. The van der Waals surface area contributed by atoms with Crippen LogP contribution in [0.5, 0.6) is 0 Å². The van der Waals surface area contributed by atoms with E-state index in [9.17, 15) is 9.59 Å². The number of hydrogen-bond donors (Lipinski definition) is 2. The largest absolute Gasteiger partial charge is 0.480 e. The Balaban J connectivity index is 2.61. The molecule has 2 N–H and O–H groups in total. The van der Waals surface area contributed by atoms with E-state index in [1.165, 1.54) is 6.92 Å². The average Bonchev–Trinajstić information content (AvgIpc) is 2.36. The number of carbonyl (C=O) groups is 2. The summed E-state index contributed by atoms with van der Waals surface area (Å²) < 4.78 is 0. The maximum Gasteiger partial charge on any atom is 0.325 e. The van der Waals surface area contributed by atoms with Crippen molar-refractivity contribution in [1.82, 2.24) is 5.32 Å². The summed E-state index contributed by atoms with van der Waals surface area (Å²) in [5.41, 5.74) is 1.00. The zero-order valence-electron chi connectivity index (χ0n) is 10.1. The van der Waals surface area contributed by atoms with Crippen LogP contribution >= 0.6 is 11.6 Å². The van der Waals surface area contributed by atoms with E-state index < -0.39 is 17.9 Å². The summed E-state index contributed by atoms with van der Waals surface area (Å²) in [5, 5.41) is 11.2. The van der Waals surface area contributed by atoms with Crippen molar-refractivity contribution in [3.8, 4) is 0 Å². The molecule has 1 unspecified atom stereocenters. The van der Waals surface area contributed by atoms with Crippen LogP contribution in [0.2, 0.25) is 0 Å². The monoisotopic (exact) mass is 269 g/mol. The average molecular weight is 270 g/mol. The van der Waals surface area contributed by atoms with Crippen LogP contribution in [0.3, 0.4) is 0 Å². The van der Waals surface area contributed by atoms with Gasteiger partial charge in [0.2, 0.25) is 5.91 Å². The molecule has 98 valence electrons. The Morgan fingerprint density at radius 3 is 2.44 bits per heavy atom. The first-order chi connectivity index (χ1) is 8.54. The van der Waals surface area contributed by atoms with Crippen molar-refractivity contribution in [2.24, 2.45) is 5.92 Å². The fraction of sp³-hybridized carbons (Fsp3) is 0.385. The Kier molecular flexibility index (Phi) is 5.65. The summed E-state index contributed by atoms with van der Waals surface area (Å²) in [4.78, 5) is 22.5. The van der Waals surface area contributed by atoms with E-state index in [1.807, 2.05) is 30.3 Å². The Morgan fingerprint density at radius 1 is 1.33 bits per heavy atom. The lowest BCUT2D eigenvalue weighted by Crippen LogP contribution is -2.42. The fourth-order valence-corrected chi connectivity index (χ4v) is 1.76. The molecule has 2 atom stereocenters. The van der Waals surface area contributed by atoms with E-state index in [2.05, 4.69) is 5.32 Å². The van der Waals surface area contributed by atoms with Crippen molar-refractivity contribution >= 4 is 23.5 Å². The number of halogens is 1. The number of amides is 1. The number of alkyl halides is 1. The predicted molar refractivity (Wildman–Crippen MR) is 69.6 cm³/mol. The lowest BCUT2D eigenvalue weighted by atomic mass is 10.00. The molecule has 0 bridgehead atoms. The molecule has 0 aromatic heterocycles. The molecule has 1 aromatic carbocycles. The Bertz CT molecular complexity index is 408. The minimum atomic E-state index is -1.06. The summed E-state index contributed by atoms with van der Waals surface area (Å²) in [7, 11) is 0. The molecule has 0 spiro atoms. The van der Waals surface area contributed by atoms with Gasteiger partial charge in [-0.3, -0.25) is 9.59 Å². The predicted octanol–water partition coefficient (Wildman–Crippen LogP) is 1.67. The number of benzene rings is 1. The van der Waals surface area contributed by atoms with E-state index in [4.69, 9.17) is 16.7 Å². The van der Waals surface area contributed by atoms with E-state index in [0.29, 0.717) is 6.42 Å². The molecule has 5 heteroatoms. The highest BCUT2D eigenvalue weighted by Gasteiger charge is 2.21. The van der Waals surface area contributed by atoms with Crippen LogP contribution < -0.4 is 5.32 Å². The number of hydrogen-bond acceptors (Lipinski definition) is 2. The van der Waals surface area contributed by atoms with Gasteiger partial charge in [-0.1, -0.05) is 30.3 Å². The van der Waals surface area contributed by atoms with Gasteiger partial charge in [-0.15, -0.1) is 11.6 Å². The minimum Gasteiger partial charge on any atom is -0.480 e. The zero-order chi connectivity index (χ0) is 13.5. The summed E-state index contributed by atoms with van der Waals surface area (Å²) in [6, 6.07) is 8.59. The van der Waals surface area contributed by atoms with Crippen molar-refractivity contribution in [2.75, 3.05) is 5.88 Å². The molecule has 0 saturated heterocycles. The molecule has 0 aliphatic carbocycles. The van der Waals surface area contributed by atoms with Gasteiger partial charge in [0.25, 0.3) is 0 Å². The number of rotatable bonds is 6. The second kappa shape index (κ2) is 7.01. The Morgan fingerprint density at radius 2 is 1.94 bits per heavy atom. The summed E-state index contributed by atoms with van der Waals surface area (Å²) in [6.45, 7) is 1.42. The highest BCUT2D eigenvalue weighted by Crippen LogP contribution is 2.11. The van der Waals surface area contributed by atoms with Crippen LogP contribution in [0.25, 0.3) is 0 Å². The zero-order valence-corrected chi connectivity index (χ0v) is 10.9. The first-order valence-corrected chi connectivity index (χ1v) is 6.21. The summed E-state index contributed by atoms with van der Waals surface area (Å²) in [6.07, 6.45) is 0.502. The van der Waals surface area contributed by atoms with Crippen LogP contribution in [-0.2, 0) is 16.0 Å². The normalized spacial score (nSPS) is 13.7. The molecule has 0 aliphatic heterocycles. The number of nitrogens with one attached hydrogen (secondary N) is 1. The van der Waals surface area contributed by atoms with E-state index in [0.717, 1.165) is 5.56 Å². The lowest BCUT2D eigenvalue weighted by molar-refractivity contribution is -0.141. The van der Waals surface area contributed by atoms with E-state index in [1.54, 1.807) is 0 Å². The molecule has 1 aromatic rings. The molecule has 1 rings (SSSR count). The van der Waals surface area contributed by atoms with E-state index >= 15 is 0 Å². The molecule has 1 amide bonds. The van der Waals surface area contributed by atoms with E-state index in [-0.39, 0.29) is 11.8 Å². The van der Waals surface area contributed by atoms with Crippen LogP contribution in [0, 0.1) is 5.92 Å². The number of aliphatic carboxylic acids is 1. The third-order valence-electron chi connectivity index (χ3n) is 2.61. The van der Waals surface area contributed by atoms with Crippen molar-refractivity contribution in [1.29, 1.82) is 0 Å². The number of carbonyl (C=O) groups excluding carboxylic acids is 1. The summed E-state index contributed by atoms with van der Waals surface area (Å²) >= 11 is 5.77. The minimum absolute atomic E-state index is 0.160. The van der Waals surface area contributed by atoms with Gasteiger partial charge in [0, 0.05) is 5.88 Å². The SMILES string of the molecule is CC(NC(=O)[C@H](CCl)Cc1ccccc1)C(=O)O.